The molecule has 1 aromatic carbocycles. The molecule has 1 saturated heterocycles. The highest BCUT2D eigenvalue weighted by atomic mass is 16.2. The molecule has 1 aromatic rings. The van der Waals surface area contributed by atoms with Crippen LogP contribution < -0.4 is 0 Å². The summed E-state index contributed by atoms with van der Waals surface area (Å²) >= 11 is 0. The van der Waals surface area contributed by atoms with Crippen LogP contribution in [-0.2, 0) is 4.79 Å². The van der Waals surface area contributed by atoms with E-state index < -0.39 is 0 Å². The number of benzene rings is 1. The van der Waals surface area contributed by atoms with Crippen LogP contribution in [0.3, 0.4) is 0 Å². The molecule has 1 aliphatic heterocycles. The van der Waals surface area contributed by atoms with Crippen LogP contribution in [0.5, 0.6) is 0 Å². The van der Waals surface area contributed by atoms with Gasteiger partial charge in [-0.2, -0.15) is 0 Å². The van der Waals surface area contributed by atoms with E-state index in [1.54, 1.807) is 4.90 Å². The number of carbonyl (C=O) groups is 1. The van der Waals surface area contributed by atoms with Crippen molar-refractivity contribution in [2.45, 2.75) is 25.8 Å². The number of hydrogen-bond donors (Lipinski definition) is 0. The van der Waals surface area contributed by atoms with Crippen LogP contribution in [0.4, 0.5) is 0 Å². The first kappa shape index (κ1) is 13.1. The molecule has 1 aliphatic rings. The van der Waals surface area contributed by atoms with Gasteiger partial charge < -0.3 is 4.90 Å². The normalized spacial score (nSPS) is 20.1. The van der Waals surface area contributed by atoms with Crippen LogP contribution >= 0.6 is 0 Å². The molecule has 0 N–H and O–H groups in total. The average Bonchev–Trinajstić information content (AvgIpc) is 2.78. The van der Waals surface area contributed by atoms with Crippen molar-refractivity contribution in [3.8, 4) is 0 Å². The van der Waals surface area contributed by atoms with Crippen molar-refractivity contribution < 1.29 is 4.79 Å². The van der Waals surface area contributed by atoms with Crippen molar-refractivity contribution >= 4 is 5.91 Å². The Bertz CT molecular complexity index is 411. The zero-order valence-corrected chi connectivity index (χ0v) is 11.5. The van der Waals surface area contributed by atoms with Gasteiger partial charge in [-0.15, -0.1) is 0 Å². The van der Waals surface area contributed by atoms with Crippen molar-refractivity contribution in [1.82, 2.24) is 9.80 Å². The van der Waals surface area contributed by atoms with Gasteiger partial charge in [0.1, 0.15) is 0 Å². The Morgan fingerprint density at radius 3 is 2.61 bits per heavy atom. The highest BCUT2D eigenvalue weighted by Crippen LogP contribution is 2.31. The van der Waals surface area contributed by atoms with Crippen LogP contribution in [0, 0.1) is 6.92 Å². The van der Waals surface area contributed by atoms with E-state index in [0.717, 1.165) is 13.0 Å². The van der Waals surface area contributed by atoms with Crippen molar-refractivity contribution in [3.05, 3.63) is 35.4 Å². The van der Waals surface area contributed by atoms with E-state index in [2.05, 4.69) is 36.1 Å². The summed E-state index contributed by atoms with van der Waals surface area (Å²) in [4.78, 5) is 15.8. The van der Waals surface area contributed by atoms with Gasteiger partial charge >= 0.3 is 0 Å². The molecule has 3 nitrogen and oxygen atoms in total. The fraction of sp³-hybridized carbons (Fsp3) is 0.533. The van der Waals surface area contributed by atoms with Gasteiger partial charge in [-0.05, 0) is 31.9 Å². The van der Waals surface area contributed by atoms with E-state index >= 15 is 0 Å². The number of likely N-dealkylation sites (N-methyl/N-ethyl adjacent to an activating group) is 1. The molecule has 18 heavy (non-hydrogen) atoms. The first-order valence-electron chi connectivity index (χ1n) is 6.58. The van der Waals surface area contributed by atoms with Gasteiger partial charge in [-0.25, -0.2) is 0 Å². The number of carbonyl (C=O) groups excluding carboxylic acids is 1. The molecule has 0 aromatic heterocycles. The Kier molecular flexibility index (Phi) is 4.02. The maximum Gasteiger partial charge on any atom is 0.236 e. The van der Waals surface area contributed by atoms with Gasteiger partial charge in [0, 0.05) is 20.1 Å². The Morgan fingerprint density at radius 1 is 1.33 bits per heavy atom. The molecular formula is C15H22N2O. The van der Waals surface area contributed by atoms with E-state index in [0.29, 0.717) is 12.6 Å². The quantitative estimate of drug-likeness (QED) is 0.816. The topological polar surface area (TPSA) is 23.6 Å². The summed E-state index contributed by atoms with van der Waals surface area (Å²) in [6.45, 7) is 3.66. The number of amides is 1. The lowest BCUT2D eigenvalue weighted by Gasteiger charge is -2.25. The lowest BCUT2D eigenvalue weighted by atomic mass is 10.0. The van der Waals surface area contributed by atoms with Crippen molar-refractivity contribution in [2.24, 2.45) is 0 Å². The third kappa shape index (κ3) is 2.91. The minimum atomic E-state index is 0.189. The lowest BCUT2D eigenvalue weighted by molar-refractivity contribution is -0.130. The molecule has 0 saturated carbocycles. The minimum Gasteiger partial charge on any atom is -0.348 e. The largest absolute Gasteiger partial charge is 0.348 e. The maximum atomic E-state index is 11.8. The molecule has 1 fully saturated rings. The van der Waals surface area contributed by atoms with Gasteiger partial charge in [0.25, 0.3) is 0 Å². The number of hydrogen-bond acceptors (Lipinski definition) is 2. The first-order chi connectivity index (χ1) is 8.58. The Morgan fingerprint density at radius 2 is 2.00 bits per heavy atom. The molecule has 0 aliphatic carbocycles. The maximum absolute atomic E-state index is 11.8. The predicted molar refractivity (Wildman–Crippen MR) is 73.4 cm³/mol. The molecular weight excluding hydrogens is 224 g/mol. The summed E-state index contributed by atoms with van der Waals surface area (Å²) in [6.07, 6.45) is 2.34. The number of aryl methyl sites for hydroxylation is 1. The molecule has 0 spiro atoms. The van der Waals surface area contributed by atoms with Gasteiger partial charge in [-0.3, -0.25) is 9.69 Å². The fourth-order valence-corrected chi connectivity index (χ4v) is 2.50. The standard InChI is InChI=1S/C15H22N2O/c1-12-6-8-13(9-7-12)14-5-4-10-17(14)11-15(18)16(2)3/h6-9,14H,4-5,10-11H2,1-3H3/t14-/m1/s1. The smallest absolute Gasteiger partial charge is 0.236 e. The van der Waals surface area contributed by atoms with Crippen LogP contribution in [0.15, 0.2) is 24.3 Å². The molecule has 1 amide bonds. The summed E-state index contributed by atoms with van der Waals surface area (Å²) in [5.74, 6) is 0.189. The van der Waals surface area contributed by atoms with E-state index in [1.165, 1.54) is 17.5 Å². The van der Waals surface area contributed by atoms with Crippen LogP contribution in [0.2, 0.25) is 0 Å². The second-order valence-corrected chi connectivity index (χ2v) is 5.33. The van der Waals surface area contributed by atoms with Gasteiger partial charge in [0.2, 0.25) is 5.91 Å². The molecule has 1 heterocycles. The summed E-state index contributed by atoms with van der Waals surface area (Å²) in [7, 11) is 3.64. The first-order valence-corrected chi connectivity index (χ1v) is 6.58. The zero-order chi connectivity index (χ0) is 13.1. The highest BCUT2D eigenvalue weighted by molar-refractivity contribution is 5.77. The molecule has 3 heteroatoms. The Hall–Kier alpha value is -1.35. The van der Waals surface area contributed by atoms with E-state index in [-0.39, 0.29) is 5.91 Å². The molecule has 0 bridgehead atoms. The van der Waals surface area contributed by atoms with Crippen LogP contribution in [-0.4, -0.2) is 42.9 Å². The lowest BCUT2D eigenvalue weighted by Crippen LogP contribution is -2.36. The molecule has 98 valence electrons. The van der Waals surface area contributed by atoms with Crippen molar-refractivity contribution in [1.29, 1.82) is 0 Å². The van der Waals surface area contributed by atoms with E-state index in [9.17, 15) is 4.79 Å². The van der Waals surface area contributed by atoms with E-state index in [4.69, 9.17) is 0 Å². The SMILES string of the molecule is Cc1ccc([C@H]2CCCN2CC(=O)N(C)C)cc1. The predicted octanol–water partition coefficient (Wildman–Crippen LogP) is 2.22. The summed E-state index contributed by atoms with van der Waals surface area (Å²) < 4.78 is 0. The number of likely N-dealkylation sites (tertiary alicyclic amines) is 1. The van der Waals surface area contributed by atoms with Crippen LogP contribution in [0.25, 0.3) is 0 Å². The molecule has 2 rings (SSSR count). The van der Waals surface area contributed by atoms with Crippen molar-refractivity contribution in [2.75, 3.05) is 27.2 Å². The average molecular weight is 246 g/mol. The molecule has 0 radical (unpaired) electrons. The van der Waals surface area contributed by atoms with Gasteiger partial charge in [0.05, 0.1) is 6.54 Å². The Labute approximate surface area is 109 Å². The van der Waals surface area contributed by atoms with Gasteiger partial charge in [0.15, 0.2) is 0 Å². The second-order valence-electron chi connectivity index (χ2n) is 5.33. The number of rotatable bonds is 3. The van der Waals surface area contributed by atoms with Gasteiger partial charge in [-0.1, -0.05) is 29.8 Å². The second kappa shape index (κ2) is 5.53. The fourth-order valence-electron chi connectivity index (χ4n) is 2.50. The number of nitrogens with zero attached hydrogens (tertiary/aromatic N) is 2. The minimum absolute atomic E-state index is 0.189. The third-order valence-electron chi connectivity index (χ3n) is 3.66. The monoisotopic (exact) mass is 246 g/mol. The van der Waals surface area contributed by atoms with E-state index in [1.807, 2.05) is 14.1 Å². The van der Waals surface area contributed by atoms with Crippen molar-refractivity contribution in [3.63, 3.8) is 0 Å². The summed E-state index contributed by atoms with van der Waals surface area (Å²) in [5, 5.41) is 0. The highest BCUT2D eigenvalue weighted by Gasteiger charge is 2.27. The molecule has 1 atom stereocenters. The Balaban J connectivity index is 2.07. The van der Waals surface area contributed by atoms with Crippen LogP contribution in [0.1, 0.15) is 30.0 Å². The zero-order valence-electron chi connectivity index (χ0n) is 11.5. The third-order valence-corrected chi connectivity index (χ3v) is 3.66. The molecule has 0 unspecified atom stereocenters. The summed E-state index contributed by atoms with van der Waals surface area (Å²) in [6, 6.07) is 9.10. The summed E-state index contributed by atoms with van der Waals surface area (Å²) in [5.41, 5.74) is 2.62.